The lowest BCUT2D eigenvalue weighted by Crippen LogP contribution is -2.25. The number of benzene rings is 2. The van der Waals surface area contributed by atoms with Crippen LogP contribution in [0.3, 0.4) is 0 Å². The van der Waals surface area contributed by atoms with Crippen LogP contribution in [-0.2, 0) is 0 Å². The van der Waals surface area contributed by atoms with Gasteiger partial charge in [0.05, 0.1) is 21.9 Å². The van der Waals surface area contributed by atoms with Gasteiger partial charge in [0.25, 0.3) is 5.69 Å². The highest BCUT2D eigenvalue weighted by Crippen LogP contribution is 2.52. The van der Waals surface area contributed by atoms with E-state index in [0.717, 1.165) is 25.2 Å². The van der Waals surface area contributed by atoms with Crippen LogP contribution < -0.4 is 10.6 Å². The van der Waals surface area contributed by atoms with Gasteiger partial charge in [-0.3, -0.25) is 10.1 Å². The number of aromatic carboxylic acids is 1. The first-order chi connectivity index (χ1) is 10.6. The van der Waals surface area contributed by atoms with E-state index in [1.165, 1.54) is 34.6 Å². The number of rotatable bonds is 2. The number of carbonyl (C=O) groups is 1. The monoisotopic (exact) mass is 299 g/mol. The quantitative estimate of drug-likeness (QED) is 0.496. The molecule has 4 rings (SSSR count). The lowest BCUT2D eigenvalue weighted by molar-refractivity contribution is -0.384. The number of non-ortho nitro benzene ring substituents is 1. The van der Waals surface area contributed by atoms with Crippen LogP contribution in [0.25, 0.3) is 11.1 Å². The highest BCUT2D eigenvalue weighted by Gasteiger charge is 2.27. The molecular weight excluding hydrogens is 286 g/mol. The summed E-state index contributed by atoms with van der Waals surface area (Å²) in [5, 5.41) is 25.3. The van der Waals surface area contributed by atoms with Gasteiger partial charge in [-0.05, 0) is 12.1 Å². The maximum Gasteiger partial charge on any atom is 0.335 e. The first-order valence-corrected chi connectivity index (χ1v) is 6.71. The Labute approximate surface area is 125 Å². The second kappa shape index (κ2) is 5.36. The lowest BCUT2D eigenvalue weighted by Gasteiger charge is -2.33. The minimum Gasteiger partial charge on any atom is -0.478 e. The molecule has 1 aromatic carbocycles. The average Bonchev–Trinajstić information content (AvgIpc) is 2.48. The molecule has 1 aromatic rings. The maximum atomic E-state index is 10.3. The third kappa shape index (κ3) is 2.32. The van der Waals surface area contributed by atoms with Crippen LogP contribution in [-0.4, -0.2) is 29.1 Å². The minimum atomic E-state index is -1.09. The SMILES string of the molecule is O=C(O)c1ccc([N+](=O)[O-])cc1.c1cc2c3c(c1-2)NCCN3. The molecule has 0 amide bonds. The van der Waals surface area contributed by atoms with Crippen molar-refractivity contribution in [2.45, 2.75) is 0 Å². The van der Waals surface area contributed by atoms with Gasteiger partial charge in [-0.15, -0.1) is 0 Å². The van der Waals surface area contributed by atoms with Crippen molar-refractivity contribution in [2.24, 2.45) is 0 Å². The number of carboxylic acids is 1. The number of nitro benzene ring substituents is 1. The van der Waals surface area contributed by atoms with Gasteiger partial charge in [0.1, 0.15) is 0 Å². The Morgan fingerprint density at radius 1 is 1.00 bits per heavy atom. The zero-order valence-corrected chi connectivity index (χ0v) is 11.5. The summed E-state index contributed by atoms with van der Waals surface area (Å²) < 4.78 is 0. The van der Waals surface area contributed by atoms with Crippen LogP contribution in [0.1, 0.15) is 10.4 Å². The fraction of sp³-hybridized carbons (Fsp3) is 0.133. The van der Waals surface area contributed by atoms with Gasteiger partial charge in [0.2, 0.25) is 0 Å². The van der Waals surface area contributed by atoms with E-state index in [1.54, 1.807) is 0 Å². The van der Waals surface area contributed by atoms with Crippen molar-refractivity contribution in [3.8, 4) is 11.1 Å². The standard InChI is InChI=1S/C8H8N2.C7H5NO4/c1-2-6-5(1)7-8(6)10-4-3-9-7;9-7(10)5-1-3-6(4-2-5)8(11)12/h1-2,9-10H,3-4H2;1-4H,(H,9,10). The zero-order valence-electron chi connectivity index (χ0n) is 11.5. The number of hydrogen-bond acceptors (Lipinski definition) is 5. The molecule has 0 spiro atoms. The number of nitro groups is 1. The van der Waals surface area contributed by atoms with Crippen molar-refractivity contribution in [1.82, 2.24) is 0 Å². The number of hydrogen-bond donors (Lipinski definition) is 3. The summed E-state index contributed by atoms with van der Waals surface area (Å²) in [4.78, 5) is 19.9. The van der Waals surface area contributed by atoms with Crippen molar-refractivity contribution < 1.29 is 14.8 Å². The van der Waals surface area contributed by atoms with Gasteiger partial charge in [-0.1, -0.05) is 12.1 Å². The first-order valence-electron chi connectivity index (χ1n) is 6.71. The molecule has 0 saturated carbocycles. The fourth-order valence-electron chi connectivity index (χ4n) is 2.36. The predicted molar refractivity (Wildman–Crippen MR) is 82.5 cm³/mol. The van der Waals surface area contributed by atoms with Gasteiger partial charge in [-0.2, -0.15) is 0 Å². The van der Waals surface area contributed by atoms with Crippen LogP contribution in [0, 0.1) is 10.1 Å². The molecule has 1 aliphatic heterocycles. The summed E-state index contributed by atoms with van der Waals surface area (Å²) in [6, 6.07) is 9.02. The minimum absolute atomic E-state index is 0.0422. The van der Waals surface area contributed by atoms with E-state index in [4.69, 9.17) is 5.11 Å². The van der Waals surface area contributed by atoms with Gasteiger partial charge in [0.15, 0.2) is 0 Å². The molecule has 2 aliphatic carbocycles. The zero-order chi connectivity index (χ0) is 15.7. The van der Waals surface area contributed by atoms with Gasteiger partial charge in [0, 0.05) is 36.3 Å². The van der Waals surface area contributed by atoms with E-state index in [2.05, 4.69) is 22.8 Å². The number of anilines is 2. The van der Waals surface area contributed by atoms with E-state index in [-0.39, 0.29) is 11.3 Å². The highest BCUT2D eigenvalue weighted by atomic mass is 16.6. The number of carboxylic acid groups (broad SMARTS) is 1. The molecule has 0 fully saturated rings. The van der Waals surface area contributed by atoms with E-state index in [0.29, 0.717) is 0 Å². The predicted octanol–water partition coefficient (Wildman–Crippen LogP) is 2.80. The van der Waals surface area contributed by atoms with Crippen LogP contribution in [0.5, 0.6) is 0 Å². The molecule has 7 nitrogen and oxygen atoms in total. The molecule has 0 radical (unpaired) electrons. The summed E-state index contributed by atoms with van der Waals surface area (Å²) in [6.45, 7) is 2.12. The Hall–Kier alpha value is -3.09. The first kappa shape index (κ1) is 13.9. The average molecular weight is 299 g/mol. The van der Waals surface area contributed by atoms with Gasteiger partial charge in [-0.25, -0.2) is 4.79 Å². The molecular formula is C15H13N3O4. The Morgan fingerprint density at radius 2 is 1.50 bits per heavy atom. The number of nitrogens with one attached hydrogen (secondary N) is 2. The van der Waals surface area contributed by atoms with Gasteiger partial charge < -0.3 is 15.7 Å². The van der Waals surface area contributed by atoms with Crippen molar-refractivity contribution in [3.05, 3.63) is 52.1 Å². The van der Waals surface area contributed by atoms with Crippen molar-refractivity contribution in [2.75, 3.05) is 23.7 Å². The van der Waals surface area contributed by atoms with Crippen LogP contribution in [0.4, 0.5) is 17.1 Å². The molecule has 112 valence electrons. The summed E-state index contributed by atoms with van der Waals surface area (Å²) in [5.74, 6) is -1.09. The largest absolute Gasteiger partial charge is 0.478 e. The van der Waals surface area contributed by atoms with E-state index in [9.17, 15) is 14.9 Å². The second-order valence-corrected chi connectivity index (χ2v) is 4.87. The van der Waals surface area contributed by atoms with Gasteiger partial charge >= 0.3 is 5.97 Å². The normalized spacial score (nSPS) is 12.7. The number of fused-ring (bicyclic) bond motifs is 4. The molecule has 3 aliphatic rings. The molecule has 0 atom stereocenters. The lowest BCUT2D eigenvalue weighted by atomic mass is 9.86. The summed E-state index contributed by atoms with van der Waals surface area (Å²) in [5.41, 5.74) is 5.44. The molecule has 22 heavy (non-hydrogen) atoms. The van der Waals surface area contributed by atoms with Crippen molar-refractivity contribution >= 4 is 23.0 Å². The summed E-state index contributed by atoms with van der Waals surface area (Å²) >= 11 is 0. The third-order valence-electron chi connectivity index (χ3n) is 3.55. The van der Waals surface area contributed by atoms with Crippen LogP contribution in [0.2, 0.25) is 0 Å². The molecule has 0 aromatic heterocycles. The van der Waals surface area contributed by atoms with E-state index < -0.39 is 10.9 Å². The fourth-order valence-corrected chi connectivity index (χ4v) is 2.36. The summed E-state index contributed by atoms with van der Waals surface area (Å²) in [6.07, 6.45) is 0. The number of nitrogens with zero attached hydrogens (tertiary/aromatic N) is 1. The smallest absolute Gasteiger partial charge is 0.335 e. The molecule has 7 heteroatoms. The molecule has 0 unspecified atom stereocenters. The van der Waals surface area contributed by atoms with E-state index in [1.807, 2.05) is 0 Å². The van der Waals surface area contributed by atoms with Crippen molar-refractivity contribution in [1.29, 1.82) is 0 Å². The second-order valence-electron chi connectivity index (χ2n) is 4.87. The molecule has 0 saturated heterocycles. The Morgan fingerprint density at radius 3 is 1.86 bits per heavy atom. The molecule has 3 N–H and O–H groups in total. The highest BCUT2D eigenvalue weighted by molar-refractivity contribution is 6.08. The Balaban J connectivity index is 0.000000132. The van der Waals surface area contributed by atoms with E-state index >= 15 is 0 Å². The molecule has 0 bridgehead atoms. The third-order valence-corrected chi connectivity index (χ3v) is 3.55. The van der Waals surface area contributed by atoms with Crippen molar-refractivity contribution in [3.63, 3.8) is 0 Å². The van der Waals surface area contributed by atoms with Crippen LogP contribution in [0.15, 0.2) is 36.4 Å². The Bertz CT molecular complexity index is 692. The summed E-state index contributed by atoms with van der Waals surface area (Å²) in [7, 11) is 0. The Kier molecular flexibility index (Phi) is 3.38. The maximum absolute atomic E-state index is 10.3. The molecule has 1 heterocycles. The van der Waals surface area contributed by atoms with Crippen LogP contribution >= 0.6 is 0 Å². The topological polar surface area (TPSA) is 104 Å².